The summed E-state index contributed by atoms with van der Waals surface area (Å²) < 4.78 is 1.95. The smallest absolute Gasteiger partial charge is 0.274 e. The molecule has 21 heavy (non-hydrogen) atoms. The Kier molecular flexibility index (Phi) is 5.65. The number of nitrogens with one attached hydrogen (secondary N) is 1. The molecule has 0 spiro atoms. The van der Waals surface area contributed by atoms with Gasteiger partial charge in [0.25, 0.3) is 5.91 Å². The van der Waals surface area contributed by atoms with Crippen molar-refractivity contribution in [1.29, 1.82) is 0 Å². The molecular weight excluding hydrogens is 288 g/mol. The largest absolute Gasteiger partial charge is 0.340 e. The lowest BCUT2D eigenvalue weighted by Crippen LogP contribution is -2.32. The zero-order valence-electron chi connectivity index (χ0n) is 12.6. The molecule has 118 valence electrons. The lowest BCUT2D eigenvalue weighted by Gasteiger charge is -2.23. The number of amides is 1. The Morgan fingerprint density at radius 2 is 2.29 bits per heavy atom. The standard InChI is InChI=1S/C15H24N4O.ClH/c1-18(9-6-12-4-5-12)15(20)14-7-10-19(17-14)13-3-2-8-16-11-13;/h7,10,12-13,16H,2-6,8-9,11H2,1H3;1H. The SMILES string of the molecule is CN(CCC1CC1)C(=O)c1ccn(C2CCCNC2)n1.Cl. The first-order chi connectivity index (χ1) is 9.74. The van der Waals surface area contributed by atoms with Gasteiger partial charge in [0.05, 0.1) is 6.04 Å². The van der Waals surface area contributed by atoms with Crippen LogP contribution < -0.4 is 5.32 Å². The van der Waals surface area contributed by atoms with E-state index in [9.17, 15) is 4.79 Å². The van der Waals surface area contributed by atoms with E-state index in [0.29, 0.717) is 11.7 Å². The third-order valence-corrected chi connectivity index (χ3v) is 4.39. The van der Waals surface area contributed by atoms with E-state index in [1.165, 1.54) is 19.3 Å². The minimum Gasteiger partial charge on any atom is -0.340 e. The summed E-state index contributed by atoms with van der Waals surface area (Å²) in [7, 11) is 1.88. The number of nitrogens with zero attached hydrogens (tertiary/aromatic N) is 3. The van der Waals surface area contributed by atoms with Crippen molar-refractivity contribution in [3.63, 3.8) is 0 Å². The van der Waals surface area contributed by atoms with Crippen molar-refractivity contribution in [3.8, 4) is 0 Å². The highest BCUT2D eigenvalue weighted by Crippen LogP contribution is 2.32. The zero-order valence-corrected chi connectivity index (χ0v) is 13.4. The van der Waals surface area contributed by atoms with Gasteiger partial charge < -0.3 is 10.2 Å². The van der Waals surface area contributed by atoms with Gasteiger partial charge in [0.15, 0.2) is 0 Å². The molecule has 2 heterocycles. The van der Waals surface area contributed by atoms with Crippen LogP contribution in [0.25, 0.3) is 0 Å². The van der Waals surface area contributed by atoms with Crippen LogP contribution in [0.4, 0.5) is 0 Å². The van der Waals surface area contributed by atoms with Gasteiger partial charge in [-0.05, 0) is 37.8 Å². The number of piperidine rings is 1. The Balaban J connectivity index is 0.00000161. The number of hydrogen-bond donors (Lipinski definition) is 1. The molecule has 1 aromatic heterocycles. The topological polar surface area (TPSA) is 50.2 Å². The molecule has 2 fully saturated rings. The first kappa shape index (κ1) is 16.3. The summed E-state index contributed by atoms with van der Waals surface area (Å²) in [6.07, 6.45) is 8.07. The van der Waals surface area contributed by atoms with Crippen molar-refractivity contribution in [1.82, 2.24) is 20.0 Å². The summed E-state index contributed by atoms with van der Waals surface area (Å²) in [6.45, 7) is 2.89. The van der Waals surface area contributed by atoms with Crippen LogP contribution >= 0.6 is 12.4 Å². The monoisotopic (exact) mass is 312 g/mol. The molecule has 0 radical (unpaired) electrons. The Morgan fingerprint density at radius 1 is 1.48 bits per heavy atom. The minimum absolute atomic E-state index is 0. The summed E-state index contributed by atoms with van der Waals surface area (Å²) in [5.41, 5.74) is 0.578. The predicted molar refractivity (Wildman–Crippen MR) is 84.9 cm³/mol. The molecule has 1 saturated heterocycles. The molecule has 1 aromatic rings. The van der Waals surface area contributed by atoms with Crippen molar-refractivity contribution in [3.05, 3.63) is 18.0 Å². The highest BCUT2D eigenvalue weighted by molar-refractivity contribution is 5.92. The van der Waals surface area contributed by atoms with Crippen LogP contribution in [0.3, 0.4) is 0 Å². The fourth-order valence-corrected chi connectivity index (χ4v) is 2.79. The van der Waals surface area contributed by atoms with Crippen LogP contribution in [0.1, 0.15) is 48.6 Å². The molecule has 1 aliphatic heterocycles. The van der Waals surface area contributed by atoms with Gasteiger partial charge in [-0.3, -0.25) is 9.48 Å². The average molecular weight is 313 g/mol. The van der Waals surface area contributed by atoms with E-state index in [1.54, 1.807) is 0 Å². The normalized spacial score (nSPS) is 21.7. The van der Waals surface area contributed by atoms with Crippen molar-refractivity contribution in [2.45, 2.75) is 38.1 Å². The first-order valence-electron chi connectivity index (χ1n) is 7.75. The van der Waals surface area contributed by atoms with Crippen molar-refractivity contribution in [2.24, 2.45) is 5.92 Å². The maximum Gasteiger partial charge on any atom is 0.274 e. The Morgan fingerprint density at radius 3 is 2.95 bits per heavy atom. The second-order valence-electron chi connectivity index (χ2n) is 6.14. The van der Waals surface area contributed by atoms with E-state index in [-0.39, 0.29) is 18.3 Å². The Bertz CT molecular complexity index is 466. The number of carbonyl (C=O) groups excluding carboxylic acids is 1. The minimum atomic E-state index is 0. The molecule has 1 atom stereocenters. The molecular formula is C15H25ClN4O. The maximum atomic E-state index is 12.3. The second-order valence-corrected chi connectivity index (χ2v) is 6.14. The number of carbonyl (C=O) groups is 1. The van der Waals surface area contributed by atoms with E-state index in [2.05, 4.69) is 10.4 Å². The van der Waals surface area contributed by atoms with E-state index in [4.69, 9.17) is 0 Å². The quantitative estimate of drug-likeness (QED) is 0.906. The van der Waals surface area contributed by atoms with E-state index >= 15 is 0 Å². The molecule has 3 rings (SSSR count). The summed E-state index contributed by atoms with van der Waals surface area (Å²) in [5.74, 6) is 0.907. The number of aromatic nitrogens is 2. The molecule has 1 unspecified atom stereocenters. The van der Waals surface area contributed by atoms with Gasteiger partial charge in [0.1, 0.15) is 5.69 Å². The van der Waals surface area contributed by atoms with Gasteiger partial charge in [-0.1, -0.05) is 12.8 Å². The van der Waals surface area contributed by atoms with Crippen LogP contribution in [0.2, 0.25) is 0 Å². The van der Waals surface area contributed by atoms with Gasteiger partial charge >= 0.3 is 0 Å². The summed E-state index contributed by atoms with van der Waals surface area (Å²) in [4.78, 5) is 14.1. The number of halogens is 1. The third kappa shape index (κ3) is 4.20. The lowest BCUT2D eigenvalue weighted by atomic mass is 10.1. The fraction of sp³-hybridized carbons (Fsp3) is 0.733. The molecule has 1 aliphatic carbocycles. The van der Waals surface area contributed by atoms with Crippen LogP contribution in [0, 0.1) is 5.92 Å². The molecule has 1 amide bonds. The lowest BCUT2D eigenvalue weighted by molar-refractivity contribution is 0.0784. The highest BCUT2D eigenvalue weighted by Gasteiger charge is 2.23. The predicted octanol–water partition coefficient (Wildman–Crippen LogP) is 2.10. The highest BCUT2D eigenvalue weighted by atomic mass is 35.5. The van der Waals surface area contributed by atoms with Crippen LogP contribution in [-0.2, 0) is 0 Å². The van der Waals surface area contributed by atoms with Gasteiger partial charge in [0.2, 0.25) is 0 Å². The van der Waals surface area contributed by atoms with Crippen molar-refractivity contribution >= 4 is 18.3 Å². The van der Waals surface area contributed by atoms with Crippen LogP contribution in [0.5, 0.6) is 0 Å². The Labute approximate surface area is 132 Å². The maximum absolute atomic E-state index is 12.3. The average Bonchev–Trinajstić information content (AvgIpc) is 3.19. The third-order valence-electron chi connectivity index (χ3n) is 4.39. The molecule has 5 nitrogen and oxygen atoms in total. The molecule has 0 aromatic carbocycles. The fourth-order valence-electron chi connectivity index (χ4n) is 2.79. The molecule has 2 aliphatic rings. The van der Waals surface area contributed by atoms with Gasteiger partial charge in [0, 0.05) is 26.3 Å². The summed E-state index contributed by atoms with van der Waals surface area (Å²) in [5, 5.41) is 7.86. The van der Waals surface area contributed by atoms with Gasteiger partial charge in [-0.2, -0.15) is 5.10 Å². The number of rotatable bonds is 5. The van der Waals surface area contributed by atoms with E-state index < -0.39 is 0 Å². The number of hydrogen-bond acceptors (Lipinski definition) is 3. The summed E-state index contributed by atoms with van der Waals surface area (Å²) in [6, 6.07) is 2.24. The molecule has 0 bridgehead atoms. The van der Waals surface area contributed by atoms with Crippen LogP contribution in [0.15, 0.2) is 12.3 Å². The summed E-state index contributed by atoms with van der Waals surface area (Å²) >= 11 is 0. The second kappa shape index (κ2) is 7.27. The Hall–Kier alpha value is -1.07. The van der Waals surface area contributed by atoms with Gasteiger partial charge in [-0.25, -0.2) is 0 Å². The zero-order chi connectivity index (χ0) is 13.9. The van der Waals surface area contributed by atoms with Crippen molar-refractivity contribution < 1.29 is 4.79 Å². The van der Waals surface area contributed by atoms with E-state index in [1.807, 2.05) is 28.9 Å². The van der Waals surface area contributed by atoms with Gasteiger partial charge in [-0.15, -0.1) is 12.4 Å². The molecule has 1 N–H and O–H groups in total. The van der Waals surface area contributed by atoms with Crippen LogP contribution in [-0.4, -0.2) is 47.3 Å². The van der Waals surface area contributed by atoms with Crippen molar-refractivity contribution in [2.75, 3.05) is 26.7 Å². The molecule has 6 heteroatoms. The molecule has 1 saturated carbocycles. The van der Waals surface area contributed by atoms with E-state index in [0.717, 1.165) is 38.4 Å². The first-order valence-corrected chi connectivity index (χ1v) is 7.75.